The van der Waals surface area contributed by atoms with E-state index < -0.39 is 0 Å². The highest BCUT2D eigenvalue weighted by Gasteiger charge is 2.26. The molecule has 4 nitrogen and oxygen atoms in total. The summed E-state index contributed by atoms with van der Waals surface area (Å²) < 4.78 is 0. The number of fused-ring (bicyclic) bond motifs is 1. The maximum Gasteiger partial charge on any atom is 0.242 e. The van der Waals surface area contributed by atoms with Crippen LogP contribution in [-0.2, 0) is 17.6 Å². The van der Waals surface area contributed by atoms with Crippen LogP contribution >= 0.6 is 0 Å². The lowest BCUT2D eigenvalue weighted by molar-refractivity contribution is -0.121. The minimum atomic E-state index is -0.126. The lowest BCUT2D eigenvalue weighted by Gasteiger charge is -2.32. The number of piperidine rings is 1. The van der Waals surface area contributed by atoms with Crippen molar-refractivity contribution in [3.63, 3.8) is 0 Å². The monoisotopic (exact) mass is 363 g/mol. The second kappa shape index (κ2) is 8.57. The molecule has 2 N–H and O–H groups in total. The molecule has 1 fully saturated rings. The van der Waals surface area contributed by atoms with Crippen molar-refractivity contribution >= 4 is 11.6 Å². The third kappa shape index (κ3) is 4.69. The molecule has 0 aromatic heterocycles. The zero-order valence-electron chi connectivity index (χ0n) is 15.9. The van der Waals surface area contributed by atoms with Crippen LogP contribution in [0.3, 0.4) is 0 Å². The third-order valence-corrected chi connectivity index (χ3v) is 5.89. The van der Waals surface area contributed by atoms with Crippen LogP contribution in [0.1, 0.15) is 24.0 Å². The van der Waals surface area contributed by atoms with Crippen LogP contribution in [0.15, 0.2) is 54.6 Å². The van der Waals surface area contributed by atoms with Gasteiger partial charge < -0.3 is 15.5 Å². The molecular formula is C23H29N3O. The first kappa shape index (κ1) is 18.1. The zero-order valence-corrected chi connectivity index (χ0v) is 15.9. The van der Waals surface area contributed by atoms with E-state index in [4.69, 9.17) is 0 Å². The number of nitrogens with zero attached hydrogens (tertiary/aromatic N) is 1. The fourth-order valence-corrected chi connectivity index (χ4v) is 4.28. The molecule has 1 unspecified atom stereocenters. The molecular weight excluding hydrogens is 334 g/mol. The van der Waals surface area contributed by atoms with Crippen LogP contribution in [0.2, 0.25) is 0 Å². The maximum absolute atomic E-state index is 12.4. The van der Waals surface area contributed by atoms with Crippen LogP contribution in [-0.4, -0.2) is 43.0 Å². The summed E-state index contributed by atoms with van der Waals surface area (Å²) in [6.07, 6.45) is 4.48. The van der Waals surface area contributed by atoms with E-state index in [2.05, 4.69) is 51.9 Å². The Morgan fingerprint density at radius 3 is 2.56 bits per heavy atom. The fourth-order valence-electron chi connectivity index (χ4n) is 4.28. The molecule has 0 bridgehead atoms. The number of hydrogen-bond acceptors (Lipinski definition) is 3. The number of anilines is 1. The van der Waals surface area contributed by atoms with Gasteiger partial charge in [0.05, 0.1) is 0 Å². The minimum absolute atomic E-state index is 0.116. The average molecular weight is 364 g/mol. The second-order valence-electron chi connectivity index (χ2n) is 7.82. The van der Waals surface area contributed by atoms with E-state index in [0.717, 1.165) is 44.2 Å². The summed E-state index contributed by atoms with van der Waals surface area (Å²) in [5.41, 5.74) is 3.78. The van der Waals surface area contributed by atoms with Crippen LogP contribution < -0.4 is 10.6 Å². The Hall–Kier alpha value is -2.33. The SMILES string of the molecule is O=C(NCCN1CCC(Cc2ccccc2)CC1)C1Cc2ccccc2N1. The Bertz CT molecular complexity index is 728. The van der Waals surface area contributed by atoms with E-state index in [9.17, 15) is 4.79 Å². The molecule has 2 heterocycles. The van der Waals surface area contributed by atoms with Crippen molar-refractivity contribution < 1.29 is 4.79 Å². The van der Waals surface area contributed by atoms with Crippen molar-refractivity contribution in [2.75, 3.05) is 31.5 Å². The lowest BCUT2D eigenvalue weighted by atomic mass is 9.90. The van der Waals surface area contributed by atoms with Crippen molar-refractivity contribution in [1.82, 2.24) is 10.2 Å². The van der Waals surface area contributed by atoms with Gasteiger partial charge in [-0.1, -0.05) is 48.5 Å². The highest BCUT2D eigenvalue weighted by atomic mass is 16.2. The Morgan fingerprint density at radius 2 is 1.78 bits per heavy atom. The third-order valence-electron chi connectivity index (χ3n) is 5.89. The van der Waals surface area contributed by atoms with Gasteiger partial charge in [-0.15, -0.1) is 0 Å². The van der Waals surface area contributed by atoms with Gasteiger partial charge in [0.2, 0.25) is 5.91 Å². The van der Waals surface area contributed by atoms with E-state index in [1.165, 1.54) is 30.4 Å². The molecule has 0 radical (unpaired) electrons. The molecule has 27 heavy (non-hydrogen) atoms. The lowest BCUT2D eigenvalue weighted by Crippen LogP contribution is -2.43. The zero-order chi connectivity index (χ0) is 18.5. The number of likely N-dealkylation sites (tertiary alicyclic amines) is 1. The summed E-state index contributed by atoms with van der Waals surface area (Å²) in [5, 5.41) is 6.44. The van der Waals surface area contributed by atoms with Crippen LogP contribution in [0.25, 0.3) is 0 Å². The molecule has 1 amide bonds. The van der Waals surface area contributed by atoms with Gasteiger partial charge >= 0.3 is 0 Å². The van der Waals surface area contributed by atoms with Crippen molar-refractivity contribution in [1.29, 1.82) is 0 Å². The van der Waals surface area contributed by atoms with E-state index in [-0.39, 0.29) is 11.9 Å². The van der Waals surface area contributed by atoms with Gasteiger partial charge in [0, 0.05) is 25.2 Å². The summed E-state index contributed by atoms with van der Waals surface area (Å²) in [6, 6.07) is 18.9. The maximum atomic E-state index is 12.4. The Labute approximate surface area is 162 Å². The number of hydrogen-bond donors (Lipinski definition) is 2. The summed E-state index contributed by atoms with van der Waals surface area (Å²) in [6.45, 7) is 3.96. The highest BCUT2D eigenvalue weighted by molar-refractivity contribution is 5.87. The molecule has 0 spiro atoms. The van der Waals surface area contributed by atoms with Gasteiger partial charge in [-0.2, -0.15) is 0 Å². The van der Waals surface area contributed by atoms with Gasteiger partial charge in [-0.25, -0.2) is 0 Å². The number of benzene rings is 2. The second-order valence-corrected chi connectivity index (χ2v) is 7.82. The van der Waals surface area contributed by atoms with Gasteiger partial charge in [0.1, 0.15) is 6.04 Å². The van der Waals surface area contributed by atoms with Crippen molar-refractivity contribution in [3.05, 3.63) is 65.7 Å². The van der Waals surface area contributed by atoms with Gasteiger partial charge in [0.15, 0.2) is 0 Å². The van der Waals surface area contributed by atoms with E-state index in [0.29, 0.717) is 0 Å². The van der Waals surface area contributed by atoms with Crippen LogP contribution in [0.4, 0.5) is 5.69 Å². The molecule has 4 rings (SSSR count). The van der Waals surface area contributed by atoms with Crippen molar-refractivity contribution in [3.8, 4) is 0 Å². The Morgan fingerprint density at radius 1 is 1.04 bits per heavy atom. The summed E-state index contributed by atoms with van der Waals surface area (Å²) in [7, 11) is 0. The molecule has 2 aliphatic rings. The number of carbonyl (C=O) groups is 1. The topological polar surface area (TPSA) is 44.4 Å². The van der Waals surface area contributed by atoms with Crippen molar-refractivity contribution in [2.24, 2.45) is 5.92 Å². The molecule has 1 atom stereocenters. The van der Waals surface area contributed by atoms with E-state index in [1.54, 1.807) is 0 Å². The van der Waals surface area contributed by atoms with E-state index in [1.807, 2.05) is 18.2 Å². The summed E-state index contributed by atoms with van der Waals surface area (Å²) >= 11 is 0. The number of amides is 1. The first-order chi connectivity index (χ1) is 13.3. The van der Waals surface area contributed by atoms with Crippen molar-refractivity contribution in [2.45, 2.75) is 31.7 Å². The first-order valence-electron chi connectivity index (χ1n) is 10.2. The Balaban J connectivity index is 1.14. The predicted molar refractivity (Wildman–Crippen MR) is 110 cm³/mol. The largest absolute Gasteiger partial charge is 0.373 e. The molecule has 2 aromatic rings. The number of para-hydroxylation sites is 1. The number of nitrogens with one attached hydrogen (secondary N) is 2. The van der Waals surface area contributed by atoms with Crippen LogP contribution in [0, 0.1) is 5.92 Å². The average Bonchev–Trinajstić information content (AvgIpc) is 3.14. The van der Waals surface area contributed by atoms with E-state index >= 15 is 0 Å². The molecule has 0 saturated carbocycles. The molecule has 2 aromatic carbocycles. The van der Waals surface area contributed by atoms with Crippen LogP contribution in [0.5, 0.6) is 0 Å². The minimum Gasteiger partial charge on any atom is -0.373 e. The van der Waals surface area contributed by atoms with Gasteiger partial charge in [-0.05, 0) is 55.5 Å². The molecule has 1 saturated heterocycles. The molecule has 2 aliphatic heterocycles. The Kier molecular flexibility index (Phi) is 5.73. The van der Waals surface area contributed by atoms with Gasteiger partial charge in [0.25, 0.3) is 0 Å². The standard InChI is InChI=1S/C23H29N3O/c27-23(22-17-20-8-4-5-9-21(20)25-22)24-12-15-26-13-10-19(11-14-26)16-18-6-2-1-3-7-18/h1-9,19,22,25H,10-17H2,(H,24,27). The molecule has 4 heteroatoms. The number of rotatable bonds is 6. The first-order valence-corrected chi connectivity index (χ1v) is 10.2. The highest BCUT2D eigenvalue weighted by Crippen LogP contribution is 2.25. The normalized spacial score (nSPS) is 20.1. The fraction of sp³-hybridized carbons (Fsp3) is 0.435. The predicted octanol–water partition coefficient (Wildman–Crippen LogP) is 3.09. The molecule has 0 aliphatic carbocycles. The smallest absolute Gasteiger partial charge is 0.242 e. The molecule has 142 valence electrons. The quantitative estimate of drug-likeness (QED) is 0.829. The number of carbonyl (C=O) groups excluding carboxylic acids is 1. The van der Waals surface area contributed by atoms with Gasteiger partial charge in [-0.3, -0.25) is 4.79 Å². The summed E-state index contributed by atoms with van der Waals surface area (Å²) in [4.78, 5) is 14.9. The summed E-state index contributed by atoms with van der Waals surface area (Å²) in [5.74, 6) is 0.907.